The predicted octanol–water partition coefficient (Wildman–Crippen LogP) is 2.72. The van der Waals surface area contributed by atoms with Crippen LogP contribution in [-0.2, 0) is 0 Å². The summed E-state index contributed by atoms with van der Waals surface area (Å²) in [7, 11) is 3.68. The Bertz CT molecular complexity index is 386. The zero-order chi connectivity index (χ0) is 13.1. The average Bonchev–Trinajstić information content (AvgIpc) is 2.22. The van der Waals surface area contributed by atoms with Crippen LogP contribution in [0.4, 0.5) is 5.69 Å². The van der Waals surface area contributed by atoms with E-state index in [2.05, 4.69) is 50.5 Å². The van der Waals surface area contributed by atoms with Crippen molar-refractivity contribution in [2.45, 2.75) is 33.2 Å². The average molecular weight is 236 g/mol. The van der Waals surface area contributed by atoms with Crippen molar-refractivity contribution in [3.8, 4) is 5.75 Å². The van der Waals surface area contributed by atoms with E-state index < -0.39 is 0 Å². The quantitative estimate of drug-likeness (QED) is 0.824. The molecule has 0 fully saturated rings. The molecule has 96 valence electrons. The van der Waals surface area contributed by atoms with Gasteiger partial charge in [-0.3, -0.25) is 0 Å². The van der Waals surface area contributed by atoms with E-state index >= 15 is 0 Å². The van der Waals surface area contributed by atoms with Crippen LogP contribution in [0.3, 0.4) is 0 Å². The molecule has 3 heteroatoms. The summed E-state index contributed by atoms with van der Waals surface area (Å²) in [6, 6.07) is 4.22. The number of benzene rings is 1. The molecule has 1 aromatic rings. The Balaban J connectivity index is 2.96. The fourth-order valence-corrected chi connectivity index (χ4v) is 1.99. The van der Waals surface area contributed by atoms with Gasteiger partial charge in [0, 0.05) is 17.8 Å². The number of rotatable bonds is 5. The van der Waals surface area contributed by atoms with Crippen LogP contribution in [0.2, 0.25) is 0 Å². The molecule has 0 heterocycles. The summed E-state index contributed by atoms with van der Waals surface area (Å²) in [5.41, 5.74) is 3.56. The standard InChI is InChI=1S/C14H24N2O/c1-10-8-13(17-6)11(2)7-12(10)16-14(3,4)9-15-5/h7-8,15-16H,9H2,1-6H3. The molecule has 0 radical (unpaired) electrons. The molecular weight excluding hydrogens is 212 g/mol. The molecule has 0 bridgehead atoms. The summed E-state index contributed by atoms with van der Waals surface area (Å²) in [4.78, 5) is 0. The number of ether oxygens (including phenoxy) is 1. The number of hydrogen-bond acceptors (Lipinski definition) is 3. The topological polar surface area (TPSA) is 33.3 Å². The molecule has 0 aromatic heterocycles. The van der Waals surface area contributed by atoms with Crippen LogP contribution >= 0.6 is 0 Å². The highest BCUT2D eigenvalue weighted by Crippen LogP contribution is 2.27. The Hall–Kier alpha value is -1.22. The van der Waals surface area contributed by atoms with Gasteiger partial charge in [0.05, 0.1) is 7.11 Å². The van der Waals surface area contributed by atoms with Gasteiger partial charge in [-0.1, -0.05) is 0 Å². The molecule has 0 atom stereocenters. The van der Waals surface area contributed by atoms with Gasteiger partial charge in [-0.15, -0.1) is 0 Å². The van der Waals surface area contributed by atoms with E-state index in [9.17, 15) is 0 Å². The first kappa shape index (κ1) is 13.8. The van der Waals surface area contributed by atoms with Gasteiger partial charge in [-0.05, 0) is 58.0 Å². The first-order valence-corrected chi connectivity index (χ1v) is 5.97. The summed E-state index contributed by atoms with van der Waals surface area (Å²) < 4.78 is 5.32. The SMILES string of the molecule is CNCC(C)(C)Nc1cc(C)c(OC)cc1C. The third-order valence-electron chi connectivity index (χ3n) is 2.83. The number of nitrogens with one attached hydrogen (secondary N) is 2. The minimum atomic E-state index is 0.0283. The first-order chi connectivity index (χ1) is 7.89. The molecule has 0 saturated heterocycles. The van der Waals surface area contributed by atoms with E-state index in [1.54, 1.807) is 7.11 Å². The highest BCUT2D eigenvalue weighted by molar-refractivity contribution is 5.58. The number of likely N-dealkylation sites (N-methyl/N-ethyl adjacent to an activating group) is 1. The predicted molar refractivity (Wildman–Crippen MR) is 74.1 cm³/mol. The molecule has 1 rings (SSSR count). The summed E-state index contributed by atoms with van der Waals surface area (Å²) in [5, 5.41) is 6.76. The van der Waals surface area contributed by atoms with Gasteiger partial charge in [0.1, 0.15) is 5.75 Å². The maximum Gasteiger partial charge on any atom is 0.122 e. The second-order valence-corrected chi connectivity index (χ2v) is 5.18. The van der Waals surface area contributed by atoms with Gasteiger partial charge >= 0.3 is 0 Å². The fourth-order valence-electron chi connectivity index (χ4n) is 1.99. The van der Waals surface area contributed by atoms with Crippen LogP contribution in [0.25, 0.3) is 0 Å². The van der Waals surface area contributed by atoms with Crippen LogP contribution in [0, 0.1) is 13.8 Å². The highest BCUT2D eigenvalue weighted by atomic mass is 16.5. The van der Waals surface area contributed by atoms with Crippen molar-refractivity contribution >= 4 is 5.69 Å². The lowest BCUT2D eigenvalue weighted by Gasteiger charge is -2.28. The monoisotopic (exact) mass is 236 g/mol. The molecule has 0 aliphatic rings. The van der Waals surface area contributed by atoms with Gasteiger partial charge in [0.2, 0.25) is 0 Å². The van der Waals surface area contributed by atoms with Crippen molar-refractivity contribution in [2.24, 2.45) is 0 Å². The Labute approximate surface area is 105 Å². The summed E-state index contributed by atoms with van der Waals surface area (Å²) in [5.74, 6) is 0.944. The van der Waals surface area contributed by atoms with E-state index in [4.69, 9.17) is 4.74 Å². The second kappa shape index (κ2) is 5.41. The lowest BCUT2D eigenvalue weighted by Crippen LogP contribution is -2.40. The maximum atomic E-state index is 5.32. The zero-order valence-electron chi connectivity index (χ0n) is 11.8. The van der Waals surface area contributed by atoms with Gasteiger partial charge in [0.15, 0.2) is 0 Å². The largest absolute Gasteiger partial charge is 0.496 e. The van der Waals surface area contributed by atoms with Crippen molar-refractivity contribution in [1.82, 2.24) is 5.32 Å². The molecule has 1 aromatic carbocycles. The van der Waals surface area contributed by atoms with E-state index in [1.807, 2.05) is 7.05 Å². The number of anilines is 1. The van der Waals surface area contributed by atoms with E-state index in [-0.39, 0.29) is 5.54 Å². The van der Waals surface area contributed by atoms with Gasteiger partial charge < -0.3 is 15.4 Å². The minimum absolute atomic E-state index is 0.0283. The van der Waals surface area contributed by atoms with E-state index in [1.165, 1.54) is 11.3 Å². The maximum absolute atomic E-state index is 5.32. The van der Waals surface area contributed by atoms with Crippen LogP contribution < -0.4 is 15.4 Å². The van der Waals surface area contributed by atoms with Crippen molar-refractivity contribution < 1.29 is 4.74 Å². The summed E-state index contributed by atoms with van der Waals surface area (Å²) in [6.45, 7) is 9.44. The van der Waals surface area contributed by atoms with E-state index in [0.29, 0.717) is 0 Å². The zero-order valence-corrected chi connectivity index (χ0v) is 11.8. The molecule has 0 spiro atoms. The van der Waals surface area contributed by atoms with Gasteiger partial charge in [-0.2, -0.15) is 0 Å². The van der Waals surface area contributed by atoms with Crippen molar-refractivity contribution in [3.05, 3.63) is 23.3 Å². The van der Waals surface area contributed by atoms with Crippen molar-refractivity contribution in [3.63, 3.8) is 0 Å². The Kier molecular flexibility index (Phi) is 4.40. The lowest BCUT2D eigenvalue weighted by molar-refractivity contribution is 0.411. The number of hydrogen-bond donors (Lipinski definition) is 2. The number of methoxy groups -OCH3 is 1. The van der Waals surface area contributed by atoms with Crippen molar-refractivity contribution in [1.29, 1.82) is 0 Å². The fraction of sp³-hybridized carbons (Fsp3) is 0.571. The molecule has 0 aliphatic carbocycles. The van der Waals surface area contributed by atoms with Crippen molar-refractivity contribution in [2.75, 3.05) is 26.0 Å². The molecule has 0 unspecified atom stereocenters. The van der Waals surface area contributed by atoms with Crippen LogP contribution in [-0.4, -0.2) is 26.2 Å². The smallest absolute Gasteiger partial charge is 0.122 e. The highest BCUT2D eigenvalue weighted by Gasteiger charge is 2.17. The Morgan fingerprint density at radius 2 is 1.82 bits per heavy atom. The molecule has 0 amide bonds. The van der Waals surface area contributed by atoms with Crippen LogP contribution in [0.1, 0.15) is 25.0 Å². The molecule has 3 nitrogen and oxygen atoms in total. The summed E-state index contributed by atoms with van der Waals surface area (Å²) in [6.07, 6.45) is 0. The van der Waals surface area contributed by atoms with Gasteiger partial charge in [0.25, 0.3) is 0 Å². The third kappa shape index (κ3) is 3.63. The summed E-state index contributed by atoms with van der Waals surface area (Å²) >= 11 is 0. The normalized spacial score (nSPS) is 11.4. The molecule has 17 heavy (non-hydrogen) atoms. The third-order valence-corrected chi connectivity index (χ3v) is 2.83. The Morgan fingerprint density at radius 3 is 2.35 bits per heavy atom. The second-order valence-electron chi connectivity index (χ2n) is 5.18. The number of aryl methyl sites for hydroxylation is 2. The molecular formula is C14H24N2O. The molecule has 2 N–H and O–H groups in total. The van der Waals surface area contributed by atoms with E-state index in [0.717, 1.165) is 17.9 Å². The lowest BCUT2D eigenvalue weighted by atomic mass is 10.0. The minimum Gasteiger partial charge on any atom is -0.496 e. The van der Waals surface area contributed by atoms with Crippen LogP contribution in [0.5, 0.6) is 5.75 Å². The van der Waals surface area contributed by atoms with Gasteiger partial charge in [-0.25, -0.2) is 0 Å². The first-order valence-electron chi connectivity index (χ1n) is 5.97. The Morgan fingerprint density at radius 1 is 1.18 bits per heavy atom. The molecule has 0 aliphatic heterocycles. The van der Waals surface area contributed by atoms with Crippen LogP contribution in [0.15, 0.2) is 12.1 Å². The molecule has 0 saturated carbocycles.